The van der Waals surface area contributed by atoms with Crippen LogP contribution in [0, 0.1) is 5.82 Å². The summed E-state index contributed by atoms with van der Waals surface area (Å²) in [7, 11) is 0. The molecule has 1 atom stereocenters. The first-order valence-electron chi connectivity index (χ1n) is 5.68. The van der Waals surface area contributed by atoms with Crippen molar-refractivity contribution in [2.45, 2.75) is 6.04 Å². The number of benzene rings is 1. The van der Waals surface area contributed by atoms with Crippen molar-refractivity contribution < 1.29 is 19.0 Å². The summed E-state index contributed by atoms with van der Waals surface area (Å²) < 4.78 is 18.6. The molecule has 0 saturated carbocycles. The fraction of sp³-hybridized carbons (Fsp3) is 0.417. The van der Waals surface area contributed by atoms with Crippen LogP contribution in [0.25, 0.3) is 0 Å². The summed E-state index contributed by atoms with van der Waals surface area (Å²) in [5.41, 5.74) is 0.0314. The van der Waals surface area contributed by atoms with Crippen LogP contribution in [0.5, 0.6) is 0 Å². The van der Waals surface area contributed by atoms with E-state index in [0.29, 0.717) is 13.2 Å². The third-order valence-corrected chi connectivity index (χ3v) is 3.54. The van der Waals surface area contributed by atoms with Crippen LogP contribution in [0.15, 0.2) is 12.1 Å². The van der Waals surface area contributed by atoms with Crippen molar-refractivity contribution in [1.29, 1.82) is 0 Å². The van der Waals surface area contributed by atoms with E-state index in [-0.39, 0.29) is 28.8 Å². The second-order valence-electron chi connectivity index (χ2n) is 4.16. The van der Waals surface area contributed by atoms with Gasteiger partial charge in [-0.3, -0.25) is 4.79 Å². The van der Waals surface area contributed by atoms with Gasteiger partial charge in [0.1, 0.15) is 5.82 Å². The van der Waals surface area contributed by atoms with E-state index in [0.717, 1.165) is 6.07 Å². The molecular weight excluding hydrogens is 296 g/mol. The van der Waals surface area contributed by atoms with Crippen molar-refractivity contribution in [1.82, 2.24) is 4.90 Å². The van der Waals surface area contributed by atoms with Gasteiger partial charge in [0.2, 0.25) is 0 Å². The van der Waals surface area contributed by atoms with Crippen LogP contribution in [0.4, 0.5) is 4.39 Å². The van der Waals surface area contributed by atoms with Crippen LogP contribution >= 0.6 is 23.2 Å². The third-order valence-electron chi connectivity index (χ3n) is 2.94. The topological polar surface area (TPSA) is 49.8 Å². The first-order chi connectivity index (χ1) is 9.04. The maximum Gasteiger partial charge on any atom is 0.255 e. The lowest BCUT2D eigenvalue weighted by Crippen LogP contribution is -2.50. The van der Waals surface area contributed by atoms with Gasteiger partial charge in [-0.1, -0.05) is 23.2 Å². The summed E-state index contributed by atoms with van der Waals surface area (Å²) in [5.74, 6) is -1.15. The van der Waals surface area contributed by atoms with Gasteiger partial charge in [0.05, 0.1) is 41.5 Å². The summed E-state index contributed by atoms with van der Waals surface area (Å²) in [4.78, 5) is 13.7. The molecule has 1 fully saturated rings. The van der Waals surface area contributed by atoms with Gasteiger partial charge in [0, 0.05) is 6.54 Å². The minimum Gasteiger partial charge on any atom is -0.394 e. The van der Waals surface area contributed by atoms with Crippen molar-refractivity contribution in [2.75, 3.05) is 26.4 Å². The summed E-state index contributed by atoms with van der Waals surface area (Å²) in [5, 5.41) is 9.17. The Labute approximate surface area is 119 Å². The molecule has 1 unspecified atom stereocenters. The Kier molecular flexibility index (Phi) is 4.62. The van der Waals surface area contributed by atoms with E-state index in [1.807, 2.05) is 0 Å². The van der Waals surface area contributed by atoms with Crippen LogP contribution < -0.4 is 0 Å². The fourth-order valence-electron chi connectivity index (χ4n) is 1.91. The zero-order chi connectivity index (χ0) is 14.0. The molecule has 0 aromatic heterocycles. The first kappa shape index (κ1) is 14.5. The number of ether oxygens (including phenoxy) is 1. The summed E-state index contributed by atoms with van der Waals surface area (Å²) in [6.45, 7) is 0.718. The lowest BCUT2D eigenvalue weighted by molar-refractivity contribution is -0.0184. The average Bonchev–Trinajstić information content (AvgIpc) is 2.42. The molecule has 4 nitrogen and oxygen atoms in total. The molecule has 1 aromatic carbocycles. The lowest BCUT2D eigenvalue weighted by Gasteiger charge is -2.34. The molecule has 19 heavy (non-hydrogen) atoms. The highest BCUT2D eigenvalue weighted by molar-refractivity contribution is 6.36. The number of hydrogen-bond acceptors (Lipinski definition) is 3. The minimum atomic E-state index is -0.705. The molecule has 1 N–H and O–H groups in total. The number of hydrogen-bond donors (Lipinski definition) is 1. The maximum absolute atomic E-state index is 13.4. The van der Waals surface area contributed by atoms with Crippen LogP contribution in [0.3, 0.4) is 0 Å². The number of aliphatic hydroxyl groups is 1. The Morgan fingerprint density at radius 1 is 1.47 bits per heavy atom. The van der Waals surface area contributed by atoms with E-state index in [1.165, 1.54) is 11.0 Å². The number of carbonyl (C=O) groups excluding carboxylic acids is 1. The highest BCUT2D eigenvalue weighted by Gasteiger charge is 2.29. The second kappa shape index (κ2) is 6.05. The van der Waals surface area contributed by atoms with Gasteiger partial charge in [0.15, 0.2) is 0 Å². The van der Waals surface area contributed by atoms with E-state index in [9.17, 15) is 14.3 Å². The van der Waals surface area contributed by atoms with Crippen molar-refractivity contribution in [3.05, 3.63) is 33.6 Å². The van der Waals surface area contributed by atoms with Crippen molar-refractivity contribution >= 4 is 29.1 Å². The first-order valence-corrected chi connectivity index (χ1v) is 6.44. The van der Waals surface area contributed by atoms with Gasteiger partial charge in [-0.2, -0.15) is 0 Å². The normalized spacial score (nSPS) is 19.6. The second-order valence-corrected chi connectivity index (χ2v) is 4.97. The Bertz CT molecular complexity index is 498. The Morgan fingerprint density at radius 3 is 2.89 bits per heavy atom. The number of rotatable bonds is 2. The van der Waals surface area contributed by atoms with E-state index < -0.39 is 17.8 Å². The SMILES string of the molecule is O=C(c1cc(F)c(Cl)cc1Cl)N1CCOCC1CO. The van der Waals surface area contributed by atoms with Gasteiger partial charge in [-0.05, 0) is 12.1 Å². The predicted octanol–water partition coefficient (Wildman–Crippen LogP) is 1.97. The van der Waals surface area contributed by atoms with Crippen LogP contribution in [-0.4, -0.2) is 48.3 Å². The molecule has 0 aliphatic carbocycles. The number of amides is 1. The van der Waals surface area contributed by atoms with Crippen molar-refractivity contribution in [3.8, 4) is 0 Å². The zero-order valence-corrected chi connectivity index (χ0v) is 11.4. The molecule has 104 valence electrons. The average molecular weight is 308 g/mol. The summed E-state index contributed by atoms with van der Waals surface area (Å²) >= 11 is 11.5. The Morgan fingerprint density at radius 2 is 2.21 bits per heavy atom. The molecule has 1 heterocycles. The molecule has 2 rings (SSSR count). The van der Waals surface area contributed by atoms with Gasteiger partial charge in [0.25, 0.3) is 5.91 Å². The van der Waals surface area contributed by atoms with Crippen LogP contribution in [0.2, 0.25) is 10.0 Å². The quantitative estimate of drug-likeness (QED) is 0.850. The molecule has 1 amide bonds. The minimum absolute atomic E-state index is 0.0314. The smallest absolute Gasteiger partial charge is 0.255 e. The number of halogens is 3. The maximum atomic E-state index is 13.4. The van der Waals surface area contributed by atoms with Crippen LogP contribution in [-0.2, 0) is 4.74 Å². The van der Waals surface area contributed by atoms with Crippen LogP contribution in [0.1, 0.15) is 10.4 Å². The van der Waals surface area contributed by atoms with Crippen molar-refractivity contribution in [2.24, 2.45) is 0 Å². The van der Waals surface area contributed by atoms with Crippen molar-refractivity contribution in [3.63, 3.8) is 0 Å². The van der Waals surface area contributed by atoms with E-state index >= 15 is 0 Å². The standard InChI is InChI=1S/C12H12Cl2FNO3/c13-9-4-10(14)11(15)3-8(9)12(18)16-1-2-19-6-7(16)5-17/h3-4,7,17H,1-2,5-6H2. The number of morpholine rings is 1. The molecule has 0 bridgehead atoms. The van der Waals surface area contributed by atoms with Gasteiger partial charge in [-0.25, -0.2) is 4.39 Å². The number of nitrogens with zero attached hydrogens (tertiary/aromatic N) is 1. The molecule has 7 heteroatoms. The molecular formula is C12H12Cl2FNO3. The lowest BCUT2D eigenvalue weighted by atomic mass is 10.1. The Balaban J connectivity index is 2.30. The highest BCUT2D eigenvalue weighted by Crippen LogP contribution is 2.26. The molecule has 1 saturated heterocycles. The molecule has 0 spiro atoms. The van der Waals surface area contributed by atoms with E-state index in [2.05, 4.69) is 0 Å². The predicted molar refractivity (Wildman–Crippen MR) is 69.1 cm³/mol. The molecule has 1 aliphatic heterocycles. The molecule has 1 aromatic rings. The molecule has 1 aliphatic rings. The number of carbonyl (C=O) groups is 1. The Hall–Kier alpha value is -0.880. The number of aliphatic hydroxyl groups excluding tert-OH is 1. The van der Waals surface area contributed by atoms with E-state index in [4.69, 9.17) is 27.9 Å². The summed E-state index contributed by atoms with van der Waals surface area (Å²) in [6, 6.07) is 1.76. The fourth-order valence-corrected chi connectivity index (χ4v) is 2.38. The molecule has 0 radical (unpaired) electrons. The van der Waals surface area contributed by atoms with Gasteiger partial charge < -0.3 is 14.7 Å². The highest BCUT2D eigenvalue weighted by atomic mass is 35.5. The zero-order valence-electron chi connectivity index (χ0n) is 9.91. The monoisotopic (exact) mass is 307 g/mol. The van der Waals surface area contributed by atoms with E-state index in [1.54, 1.807) is 0 Å². The van der Waals surface area contributed by atoms with Gasteiger partial charge >= 0.3 is 0 Å². The summed E-state index contributed by atoms with van der Waals surface area (Å²) in [6.07, 6.45) is 0. The third kappa shape index (κ3) is 3.00. The van der Waals surface area contributed by atoms with Gasteiger partial charge in [-0.15, -0.1) is 0 Å². The largest absolute Gasteiger partial charge is 0.394 e.